The first-order valence-corrected chi connectivity index (χ1v) is 7.41. The van der Waals surface area contributed by atoms with Crippen molar-refractivity contribution in [2.45, 2.75) is 19.9 Å². The molecule has 0 atom stereocenters. The molecule has 0 radical (unpaired) electrons. The van der Waals surface area contributed by atoms with Gasteiger partial charge in [0.05, 0.1) is 0 Å². The zero-order valence-corrected chi connectivity index (χ0v) is 12.6. The number of hydrogen-bond acceptors (Lipinski definition) is 2. The average molecular weight is 296 g/mol. The smallest absolute Gasteiger partial charge is 0.251 e. The lowest BCUT2D eigenvalue weighted by Crippen LogP contribution is -2.25. The minimum atomic E-state index is -0.149. The standard InChI is InChI=1S/C18H20N2O2/c1-2-12-19-17(21)15-8-10-16(11-9-15)18(22)20-13-14-6-4-3-5-7-14/h3-11H,2,12-13H2,1H3,(H,19,21)(H,20,22). The molecule has 114 valence electrons. The van der Waals surface area contributed by atoms with E-state index in [0.717, 1.165) is 12.0 Å². The van der Waals surface area contributed by atoms with E-state index >= 15 is 0 Å². The lowest BCUT2D eigenvalue weighted by Gasteiger charge is -2.07. The molecule has 0 aliphatic rings. The predicted octanol–water partition coefficient (Wildman–Crippen LogP) is 2.76. The van der Waals surface area contributed by atoms with Crippen molar-refractivity contribution in [1.82, 2.24) is 10.6 Å². The van der Waals surface area contributed by atoms with Gasteiger partial charge in [-0.25, -0.2) is 0 Å². The van der Waals surface area contributed by atoms with Crippen molar-refractivity contribution in [3.8, 4) is 0 Å². The minimum absolute atomic E-state index is 0.113. The fourth-order valence-electron chi connectivity index (χ4n) is 1.99. The summed E-state index contributed by atoms with van der Waals surface area (Å²) in [4.78, 5) is 23.8. The fraction of sp³-hybridized carbons (Fsp3) is 0.222. The number of amides is 2. The molecule has 2 rings (SSSR count). The molecule has 22 heavy (non-hydrogen) atoms. The van der Waals surface area contributed by atoms with Crippen LogP contribution < -0.4 is 10.6 Å². The lowest BCUT2D eigenvalue weighted by atomic mass is 10.1. The Morgan fingerprint density at radius 3 is 1.91 bits per heavy atom. The van der Waals surface area contributed by atoms with Gasteiger partial charge < -0.3 is 10.6 Å². The molecule has 0 aliphatic carbocycles. The SMILES string of the molecule is CCCNC(=O)c1ccc(C(=O)NCc2ccccc2)cc1. The first-order chi connectivity index (χ1) is 10.7. The van der Waals surface area contributed by atoms with Gasteiger partial charge in [0.15, 0.2) is 0 Å². The molecule has 2 aromatic carbocycles. The van der Waals surface area contributed by atoms with E-state index in [4.69, 9.17) is 0 Å². The van der Waals surface area contributed by atoms with Gasteiger partial charge in [-0.1, -0.05) is 37.3 Å². The van der Waals surface area contributed by atoms with Gasteiger partial charge in [0.25, 0.3) is 11.8 Å². The molecule has 0 saturated carbocycles. The molecule has 0 fully saturated rings. The van der Waals surface area contributed by atoms with Crippen LogP contribution in [0, 0.1) is 0 Å². The Balaban J connectivity index is 1.92. The third-order valence-electron chi connectivity index (χ3n) is 3.24. The molecular weight excluding hydrogens is 276 g/mol. The molecule has 4 nitrogen and oxygen atoms in total. The summed E-state index contributed by atoms with van der Waals surface area (Å²) in [6.45, 7) is 3.14. The summed E-state index contributed by atoms with van der Waals surface area (Å²) in [6, 6.07) is 16.4. The first kappa shape index (κ1) is 15.8. The molecule has 0 aromatic heterocycles. The minimum Gasteiger partial charge on any atom is -0.352 e. The van der Waals surface area contributed by atoms with Crippen LogP contribution in [0.1, 0.15) is 39.6 Å². The van der Waals surface area contributed by atoms with E-state index in [1.807, 2.05) is 37.3 Å². The molecular formula is C18H20N2O2. The lowest BCUT2D eigenvalue weighted by molar-refractivity contribution is 0.0940. The zero-order chi connectivity index (χ0) is 15.8. The summed E-state index contributed by atoms with van der Waals surface area (Å²) in [5, 5.41) is 5.66. The molecule has 0 bridgehead atoms. The number of carbonyl (C=O) groups is 2. The quantitative estimate of drug-likeness (QED) is 0.861. The molecule has 4 heteroatoms. The maximum atomic E-state index is 12.1. The van der Waals surface area contributed by atoms with Crippen LogP contribution >= 0.6 is 0 Å². The number of carbonyl (C=O) groups excluding carboxylic acids is 2. The summed E-state index contributed by atoms with van der Waals surface area (Å²) in [6.07, 6.45) is 0.895. The van der Waals surface area contributed by atoms with Crippen LogP contribution in [-0.2, 0) is 6.54 Å². The van der Waals surface area contributed by atoms with E-state index in [9.17, 15) is 9.59 Å². The topological polar surface area (TPSA) is 58.2 Å². The van der Waals surface area contributed by atoms with E-state index in [-0.39, 0.29) is 11.8 Å². The van der Waals surface area contributed by atoms with Gasteiger partial charge in [-0.05, 0) is 36.2 Å². The Hall–Kier alpha value is -2.62. The normalized spacial score (nSPS) is 10.0. The first-order valence-electron chi connectivity index (χ1n) is 7.41. The zero-order valence-electron chi connectivity index (χ0n) is 12.6. The number of rotatable bonds is 6. The number of nitrogens with one attached hydrogen (secondary N) is 2. The highest BCUT2D eigenvalue weighted by molar-refractivity contribution is 5.97. The van der Waals surface area contributed by atoms with E-state index in [0.29, 0.717) is 24.2 Å². The largest absolute Gasteiger partial charge is 0.352 e. The number of hydrogen-bond donors (Lipinski definition) is 2. The highest BCUT2D eigenvalue weighted by atomic mass is 16.2. The molecule has 2 aromatic rings. The van der Waals surface area contributed by atoms with E-state index in [1.54, 1.807) is 24.3 Å². The monoisotopic (exact) mass is 296 g/mol. The Kier molecular flexibility index (Phi) is 5.72. The number of benzene rings is 2. The average Bonchev–Trinajstić information content (AvgIpc) is 2.58. The third-order valence-corrected chi connectivity index (χ3v) is 3.24. The van der Waals surface area contributed by atoms with Crippen LogP contribution in [0.25, 0.3) is 0 Å². The van der Waals surface area contributed by atoms with Gasteiger partial charge in [0.2, 0.25) is 0 Å². The molecule has 2 N–H and O–H groups in total. The Bertz CT molecular complexity index is 621. The van der Waals surface area contributed by atoms with Crippen molar-refractivity contribution in [3.05, 3.63) is 71.3 Å². The van der Waals surface area contributed by atoms with Crippen molar-refractivity contribution < 1.29 is 9.59 Å². The van der Waals surface area contributed by atoms with Crippen LogP contribution in [-0.4, -0.2) is 18.4 Å². The second-order valence-electron chi connectivity index (χ2n) is 5.00. The maximum Gasteiger partial charge on any atom is 0.251 e. The van der Waals surface area contributed by atoms with E-state index in [1.165, 1.54) is 0 Å². The van der Waals surface area contributed by atoms with Crippen LogP contribution in [0.5, 0.6) is 0 Å². The second-order valence-corrected chi connectivity index (χ2v) is 5.00. The van der Waals surface area contributed by atoms with Crippen molar-refractivity contribution in [2.75, 3.05) is 6.54 Å². The van der Waals surface area contributed by atoms with Gasteiger partial charge in [-0.15, -0.1) is 0 Å². The summed E-state index contributed by atoms with van der Waals surface area (Å²) >= 11 is 0. The predicted molar refractivity (Wildman–Crippen MR) is 86.7 cm³/mol. The molecule has 0 aliphatic heterocycles. The Morgan fingerprint density at radius 2 is 1.36 bits per heavy atom. The highest BCUT2D eigenvalue weighted by Crippen LogP contribution is 2.05. The summed E-state index contributed by atoms with van der Waals surface area (Å²) < 4.78 is 0. The summed E-state index contributed by atoms with van der Waals surface area (Å²) in [7, 11) is 0. The van der Waals surface area contributed by atoms with Gasteiger partial charge in [0, 0.05) is 24.2 Å². The van der Waals surface area contributed by atoms with E-state index in [2.05, 4.69) is 10.6 Å². The van der Waals surface area contributed by atoms with Crippen molar-refractivity contribution >= 4 is 11.8 Å². The van der Waals surface area contributed by atoms with Gasteiger partial charge in [0.1, 0.15) is 0 Å². The third kappa shape index (κ3) is 4.45. The van der Waals surface area contributed by atoms with Crippen molar-refractivity contribution in [1.29, 1.82) is 0 Å². The molecule has 0 spiro atoms. The molecule has 0 heterocycles. The highest BCUT2D eigenvalue weighted by Gasteiger charge is 2.08. The van der Waals surface area contributed by atoms with Crippen LogP contribution in [0.2, 0.25) is 0 Å². The Morgan fingerprint density at radius 1 is 0.818 bits per heavy atom. The van der Waals surface area contributed by atoms with Crippen molar-refractivity contribution in [2.24, 2.45) is 0 Å². The molecule has 0 unspecified atom stereocenters. The Labute approximate surface area is 130 Å². The van der Waals surface area contributed by atoms with Gasteiger partial charge in [-0.3, -0.25) is 9.59 Å². The maximum absolute atomic E-state index is 12.1. The van der Waals surface area contributed by atoms with Crippen molar-refractivity contribution in [3.63, 3.8) is 0 Å². The van der Waals surface area contributed by atoms with E-state index < -0.39 is 0 Å². The van der Waals surface area contributed by atoms with Gasteiger partial charge in [-0.2, -0.15) is 0 Å². The summed E-state index contributed by atoms with van der Waals surface area (Å²) in [5.74, 6) is -0.262. The van der Waals surface area contributed by atoms with Crippen LogP contribution in [0.3, 0.4) is 0 Å². The summed E-state index contributed by atoms with van der Waals surface area (Å²) in [5.41, 5.74) is 2.16. The molecule has 0 saturated heterocycles. The van der Waals surface area contributed by atoms with Gasteiger partial charge >= 0.3 is 0 Å². The molecule has 2 amide bonds. The fourth-order valence-corrected chi connectivity index (χ4v) is 1.99. The van der Waals surface area contributed by atoms with Crippen LogP contribution in [0.4, 0.5) is 0 Å². The van der Waals surface area contributed by atoms with Crippen LogP contribution in [0.15, 0.2) is 54.6 Å². The second kappa shape index (κ2) is 7.98.